The number of rotatable bonds is 4. The fourth-order valence-corrected chi connectivity index (χ4v) is 5.26. The van der Waals surface area contributed by atoms with Gasteiger partial charge in [0.2, 0.25) is 5.91 Å². The molecule has 1 aliphatic carbocycles. The molecule has 0 spiro atoms. The Morgan fingerprint density at radius 2 is 1.76 bits per heavy atom. The predicted octanol–water partition coefficient (Wildman–Crippen LogP) is 5.86. The van der Waals surface area contributed by atoms with Crippen LogP contribution >= 0.6 is 15.9 Å². The van der Waals surface area contributed by atoms with Gasteiger partial charge in [0.1, 0.15) is 0 Å². The van der Waals surface area contributed by atoms with E-state index in [0.29, 0.717) is 35.2 Å². The molecule has 0 radical (unpaired) electrons. The standard InChI is InChI=1S/C27H30BrNO4/c1-5-33-23-13-17(10-20(28)26(23)32)19-14-24(31)29-21-11-16(12-22(30)25(19)21)15-6-8-18(9-7-15)27(2,3)4/h6-10,13,16,19,32H,5,11-12,14H2,1-4H3,(H,29,31). The normalized spacial score (nSPS) is 21.0. The Hall–Kier alpha value is -2.60. The average molecular weight is 512 g/mol. The molecule has 1 amide bonds. The molecule has 0 saturated heterocycles. The zero-order chi connectivity index (χ0) is 23.9. The molecule has 2 atom stereocenters. The molecule has 0 fully saturated rings. The molecule has 2 unspecified atom stereocenters. The number of carbonyl (C=O) groups is 2. The first kappa shape index (κ1) is 23.6. The summed E-state index contributed by atoms with van der Waals surface area (Å²) in [4.78, 5) is 26.0. The van der Waals surface area contributed by atoms with Gasteiger partial charge in [-0.1, -0.05) is 45.0 Å². The van der Waals surface area contributed by atoms with Gasteiger partial charge in [-0.15, -0.1) is 0 Å². The zero-order valence-electron chi connectivity index (χ0n) is 19.5. The van der Waals surface area contributed by atoms with Gasteiger partial charge in [0, 0.05) is 30.0 Å². The zero-order valence-corrected chi connectivity index (χ0v) is 21.1. The van der Waals surface area contributed by atoms with Crippen molar-refractivity contribution in [2.75, 3.05) is 6.61 Å². The number of ketones is 1. The number of amides is 1. The van der Waals surface area contributed by atoms with Crippen molar-refractivity contribution in [3.05, 3.63) is 68.8 Å². The van der Waals surface area contributed by atoms with Crippen molar-refractivity contribution in [3.63, 3.8) is 0 Å². The molecular weight excluding hydrogens is 482 g/mol. The first-order chi connectivity index (χ1) is 15.6. The van der Waals surface area contributed by atoms with Gasteiger partial charge >= 0.3 is 0 Å². The number of hydrogen-bond acceptors (Lipinski definition) is 4. The number of phenols is 1. The fourth-order valence-electron chi connectivity index (χ4n) is 4.80. The van der Waals surface area contributed by atoms with Gasteiger partial charge in [-0.25, -0.2) is 0 Å². The minimum atomic E-state index is -0.360. The summed E-state index contributed by atoms with van der Waals surface area (Å²) in [6.07, 6.45) is 1.23. The van der Waals surface area contributed by atoms with Crippen LogP contribution in [0.5, 0.6) is 11.5 Å². The highest BCUT2D eigenvalue weighted by Gasteiger charge is 2.38. The Labute approximate surface area is 203 Å². The topological polar surface area (TPSA) is 75.6 Å². The number of carbonyl (C=O) groups excluding carboxylic acids is 2. The van der Waals surface area contributed by atoms with Crippen molar-refractivity contribution in [3.8, 4) is 11.5 Å². The number of halogens is 1. The lowest BCUT2D eigenvalue weighted by atomic mass is 9.73. The Kier molecular flexibility index (Phi) is 6.41. The summed E-state index contributed by atoms with van der Waals surface area (Å²) in [5, 5.41) is 13.3. The van der Waals surface area contributed by atoms with Gasteiger partial charge in [0.05, 0.1) is 11.1 Å². The number of allylic oxidation sites excluding steroid dienone is 2. The van der Waals surface area contributed by atoms with E-state index in [2.05, 4.69) is 66.3 Å². The maximum atomic E-state index is 13.4. The Morgan fingerprint density at radius 3 is 2.39 bits per heavy atom. The number of nitrogens with one attached hydrogen (secondary N) is 1. The van der Waals surface area contributed by atoms with Crippen molar-refractivity contribution in [1.82, 2.24) is 5.32 Å². The van der Waals surface area contributed by atoms with Crippen LogP contribution in [-0.4, -0.2) is 23.4 Å². The third kappa shape index (κ3) is 4.72. The number of aromatic hydroxyl groups is 1. The third-order valence-corrected chi connectivity index (χ3v) is 7.14. The highest BCUT2D eigenvalue weighted by atomic mass is 79.9. The molecule has 6 heteroatoms. The van der Waals surface area contributed by atoms with E-state index >= 15 is 0 Å². The first-order valence-corrected chi connectivity index (χ1v) is 12.2. The second-order valence-electron chi connectivity index (χ2n) is 9.88. The summed E-state index contributed by atoms with van der Waals surface area (Å²) in [5.41, 5.74) is 4.62. The summed E-state index contributed by atoms with van der Waals surface area (Å²) in [5.74, 6) is 0.000978. The van der Waals surface area contributed by atoms with E-state index < -0.39 is 0 Å². The minimum absolute atomic E-state index is 0.0174. The summed E-state index contributed by atoms with van der Waals surface area (Å²) < 4.78 is 6.05. The van der Waals surface area contributed by atoms with Crippen LogP contribution in [0.15, 0.2) is 52.1 Å². The van der Waals surface area contributed by atoms with E-state index in [0.717, 1.165) is 16.8 Å². The van der Waals surface area contributed by atoms with Gasteiger partial charge in [-0.3, -0.25) is 9.59 Å². The molecule has 2 aromatic rings. The van der Waals surface area contributed by atoms with E-state index in [-0.39, 0.29) is 41.1 Å². The number of Topliss-reactive ketones (excluding diaryl/α,β-unsaturated/α-hetero) is 1. The lowest BCUT2D eigenvalue weighted by molar-refractivity contribution is -0.122. The predicted molar refractivity (Wildman–Crippen MR) is 132 cm³/mol. The van der Waals surface area contributed by atoms with E-state index in [1.54, 1.807) is 12.1 Å². The van der Waals surface area contributed by atoms with Crippen LogP contribution in [0.25, 0.3) is 0 Å². The SMILES string of the molecule is CCOc1cc(C2CC(=O)NC3=C2C(=O)CC(c2ccc(C(C)(C)C)cc2)C3)cc(Br)c1O. The van der Waals surface area contributed by atoms with Crippen LogP contribution in [-0.2, 0) is 15.0 Å². The van der Waals surface area contributed by atoms with Crippen LogP contribution < -0.4 is 10.1 Å². The Bertz CT molecular complexity index is 1130. The Balaban J connectivity index is 1.68. The van der Waals surface area contributed by atoms with Crippen LogP contribution in [0.3, 0.4) is 0 Å². The molecule has 4 rings (SSSR count). The molecule has 2 N–H and O–H groups in total. The lowest BCUT2D eigenvalue weighted by Gasteiger charge is -2.35. The van der Waals surface area contributed by atoms with E-state index in [9.17, 15) is 14.7 Å². The molecule has 33 heavy (non-hydrogen) atoms. The minimum Gasteiger partial charge on any atom is -0.503 e. The molecule has 1 aliphatic heterocycles. The van der Waals surface area contributed by atoms with Gasteiger partial charge < -0.3 is 15.2 Å². The molecule has 0 saturated carbocycles. The summed E-state index contributed by atoms with van der Waals surface area (Å²) in [6.45, 7) is 8.78. The van der Waals surface area contributed by atoms with Gasteiger partial charge in [-0.2, -0.15) is 0 Å². The lowest BCUT2D eigenvalue weighted by Crippen LogP contribution is -2.38. The van der Waals surface area contributed by atoms with Gasteiger partial charge in [-0.05, 0) is 69.4 Å². The van der Waals surface area contributed by atoms with Crippen LogP contribution in [0.2, 0.25) is 0 Å². The maximum Gasteiger partial charge on any atom is 0.225 e. The number of benzene rings is 2. The third-order valence-electron chi connectivity index (χ3n) is 6.54. The largest absolute Gasteiger partial charge is 0.503 e. The van der Waals surface area contributed by atoms with E-state index in [1.165, 1.54) is 5.56 Å². The van der Waals surface area contributed by atoms with Crippen molar-refractivity contribution >= 4 is 27.6 Å². The maximum absolute atomic E-state index is 13.4. The molecule has 2 aliphatic rings. The molecule has 0 aromatic heterocycles. The van der Waals surface area contributed by atoms with Crippen molar-refractivity contribution in [2.45, 2.75) is 64.2 Å². The van der Waals surface area contributed by atoms with Crippen LogP contribution in [0, 0.1) is 0 Å². The fraction of sp³-hybridized carbons (Fsp3) is 0.407. The summed E-state index contributed by atoms with van der Waals surface area (Å²) in [6, 6.07) is 12.0. The molecular formula is C27H30BrNO4. The molecule has 1 heterocycles. The highest BCUT2D eigenvalue weighted by Crippen LogP contribution is 2.45. The number of phenolic OH excluding ortho intramolecular Hbond substituents is 1. The smallest absolute Gasteiger partial charge is 0.225 e. The van der Waals surface area contributed by atoms with E-state index in [4.69, 9.17) is 4.74 Å². The quantitative estimate of drug-likeness (QED) is 0.539. The van der Waals surface area contributed by atoms with Crippen molar-refractivity contribution in [1.29, 1.82) is 0 Å². The monoisotopic (exact) mass is 511 g/mol. The van der Waals surface area contributed by atoms with Crippen molar-refractivity contribution in [2.24, 2.45) is 0 Å². The highest BCUT2D eigenvalue weighted by molar-refractivity contribution is 9.10. The first-order valence-electron chi connectivity index (χ1n) is 11.4. The molecule has 2 aromatic carbocycles. The molecule has 174 valence electrons. The summed E-state index contributed by atoms with van der Waals surface area (Å²) >= 11 is 3.38. The van der Waals surface area contributed by atoms with Crippen LogP contribution in [0.1, 0.15) is 75.5 Å². The van der Waals surface area contributed by atoms with Gasteiger partial charge in [0.25, 0.3) is 0 Å². The van der Waals surface area contributed by atoms with Crippen LogP contribution in [0.4, 0.5) is 0 Å². The second-order valence-corrected chi connectivity index (χ2v) is 10.7. The van der Waals surface area contributed by atoms with E-state index in [1.807, 2.05) is 6.92 Å². The molecule has 5 nitrogen and oxygen atoms in total. The number of ether oxygens (including phenoxy) is 1. The molecule has 0 bridgehead atoms. The van der Waals surface area contributed by atoms with Crippen molar-refractivity contribution < 1.29 is 19.4 Å². The second kappa shape index (κ2) is 8.98. The number of hydrogen-bond donors (Lipinski definition) is 2. The Morgan fingerprint density at radius 1 is 1.06 bits per heavy atom. The average Bonchev–Trinajstić information content (AvgIpc) is 2.75. The summed E-state index contributed by atoms with van der Waals surface area (Å²) in [7, 11) is 0. The van der Waals surface area contributed by atoms with Gasteiger partial charge in [0.15, 0.2) is 17.3 Å².